The van der Waals surface area contributed by atoms with Gasteiger partial charge in [-0.1, -0.05) is 13.0 Å². The summed E-state index contributed by atoms with van der Waals surface area (Å²) in [6, 6.07) is 6.48. The molecule has 0 aliphatic carbocycles. The first-order chi connectivity index (χ1) is 8.13. The van der Waals surface area contributed by atoms with Gasteiger partial charge in [0.1, 0.15) is 23.2 Å². The van der Waals surface area contributed by atoms with Crippen molar-refractivity contribution in [3.63, 3.8) is 0 Å². The molecule has 1 aliphatic rings. The molecule has 88 valence electrons. The molecule has 17 heavy (non-hydrogen) atoms. The van der Waals surface area contributed by atoms with Crippen molar-refractivity contribution in [2.45, 2.75) is 13.3 Å². The third-order valence-corrected chi connectivity index (χ3v) is 3.12. The molecule has 1 aromatic rings. The molecule has 0 spiro atoms. The summed E-state index contributed by atoms with van der Waals surface area (Å²) in [5, 5.41) is 8.96. The fourth-order valence-corrected chi connectivity index (χ4v) is 2.12. The number of nitrogens with zero attached hydrogens (tertiary/aromatic N) is 2. The second-order valence-corrected chi connectivity index (χ2v) is 4.31. The van der Waals surface area contributed by atoms with Gasteiger partial charge >= 0.3 is 0 Å². The van der Waals surface area contributed by atoms with E-state index in [9.17, 15) is 9.18 Å². The van der Waals surface area contributed by atoms with Crippen molar-refractivity contribution in [3.05, 3.63) is 29.6 Å². The third-order valence-electron chi connectivity index (χ3n) is 3.12. The predicted molar refractivity (Wildman–Crippen MR) is 62.1 cm³/mol. The Kier molecular flexibility index (Phi) is 3.10. The van der Waals surface area contributed by atoms with Gasteiger partial charge in [-0.15, -0.1) is 0 Å². The van der Waals surface area contributed by atoms with Gasteiger partial charge in [-0.25, -0.2) is 4.39 Å². The van der Waals surface area contributed by atoms with Crippen molar-refractivity contribution in [2.24, 2.45) is 5.92 Å². The number of ketones is 1. The van der Waals surface area contributed by atoms with Gasteiger partial charge in [-0.05, 0) is 12.1 Å². The number of nitriles is 1. The highest BCUT2D eigenvalue weighted by Gasteiger charge is 2.25. The van der Waals surface area contributed by atoms with Gasteiger partial charge in [0, 0.05) is 25.4 Å². The summed E-state index contributed by atoms with van der Waals surface area (Å²) in [5.41, 5.74) is 0.654. The Morgan fingerprint density at radius 3 is 2.94 bits per heavy atom. The van der Waals surface area contributed by atoms with Gasteiger partial charge in [0.05, 0.1) is 5.69 Å². The molecule has 4 heteroatoms. The summed E-state index contributed by atoms with van der Waals surface area (Å²) in [7, 11) is 0. The molecule has 0 amide bonds. The summed E-state index contributed by atoms with van der Waals surface area (Å²) < 4.78 is 13.5. The molecule has 0 radical (unpaired) electrons. The van der Waals surface area contributed by atoms with Crippen molar-refractivity contribution < 1.29 is 9.18 Å². The highest BCUT2D eigenvalue weighted by atomic mass is 19.1. The molecule has 1 fully saturated rings. The molecular weight excluding hydrogens is 219 g/mol. The minimum Gasteiger partial charge on any atom is -0.369 e. The highest BCUT2D eigenvalue weighted by Crippen LogP contribution is 2.26. The first-order valence-electron chi connectivity index (χ1n) is 5.59. The molecule has 1 saturated heterocycles. The molecule has 0 bridgehead atoms. The van der Waals surface area contributed by atoms with Crippen LogP contribution in [0.5, 0.6) is 0 Å². The van der Waals surface area contributed by atoms with Gasteiger partial charge in [0.2, 0.25) is 0 Å². The largest absolute Gasteiger partial charge is 0.369 e. The molecule has 1 unspecified atom stereocenters. The smallest absolute Gasteiger partial charge is 0.143 e. The fourth-order valence-electron chi connectivity index (χ4n) is 2.12. The van der Waals surface area contributed by atoms with Crippen LogP contribution in [0.4, 0.5) is 10.1 Å². The van der Waals surface area contributed by atoms with Gasteiger partial charge in [0.15, 0.2) is 0 Å². The zero-order valence-electron chi connectivity index (χ0n) is 9.61. The van der Waals surface area contributed by atoms with Crippen molar-refractivity contribution in [3.8, 4) is 6.07 Å². The highest BCUT2D eigenvalue weighted by molar-refractivity contribution is 5.83. The van der Waals surface area contributed by atoms with Crippen LogP contribution in [0.1, 0.15) is 18.9 Å². The molecule has 1 aliphatic heterocycles. The van der Waals surface area contributed by atoms with E-state index in [2.05, 4.69) is 0 Å². The SMILES string of the molecule is CC1CN(c2cccc(F)c2C#N)CCC1=O. The van der Waals surface area contributed by atoms with E-state index in [0.717, 1.165) is 0 Å². The third kappa shape index (κ3) is 2.14. The molecule has 1 aromatic carbocycles. The maximum atomic E-state index is 13.5. The number of Topliss-reactive ketones (excluding diaryl/α,β-unsaturated/α-hetero) is 1. The predicted octanol–water partition coefficient (Wildman–Crippen LogP) is 2.11. The number of rotatable bonds is 1. The van der Waals surface area contributed by atoms with E-state index >= 15 is 0 Å². The molecule has 2 rings (SSSR count). The van der Waals surface area contributed by atoms with Crippen molar-refractivity contribution in [2.75, 3.05) is 18.0 Å². The number of carbonyl (C=O) groups is 1. The number of hydrogen-bond acceptors (Lipinski definition) is 3. The van der Waals surface area contributed by atoms with Crippen LogP contribution in [0.25, 0.3) is 0 Å². The second-order valence-electron chi connectivity index (χ2n) is 4.31. The number of benzene rings is 1. The molecule has 0 N–H and O–H groups in total. The Balaban J connectivity index is 2.32. The Morgan fingerprint density at radius 1 is 1.53 bits per heavy atom. The Bertz CT molecular complexity index is 493. The van der Waals surface area contributed by atoms with E-state index in [-0.39, 0.29) is 17.3 Å². The summed E-state index contributed by atoms with van der Waals surface area (Å²) in [4.78, 5) is 13.3. The van der Waals surface area contributed by atoms with Gasteiger partial charge < -0.3 is 4.90 Å². The maximum absolute atomic E-state index is 13.5. The maximum Gasteiger partial charge on any atom is 0.143 e. The lowest BCUT2D eigenvalue weighted by molar-refractivity contribution is -0.122. The zero-order valence-corrected chi connectivity index (χ0v) is 9.61. The van der Waals surface area contributed by atoms with E-state index in [1.165, 1.54) is 6.07 Å². The monoisotopic (exact) mass is 232 g/mol. The lowest BCUT2D eigenvalue weighted by Gasteiger charge is -2.32. The molecule has 0 saturated carbocycles. The van der Waals surface area contributed by atoms with Crippen molar-refractivity contribution in [1.29, 1.82) is 5.26 Å². The molecule has 3 nitrogen and oxygen atoms in total. The fraction of sp³-hybridized carbons (Fsp3) is 0.385. The number of hydrogen-bond donors (Lipinski definition) is 0. The first kappa shape index (κ1) is 11.6. The van der Waals surface area contributed by atoms with Crippen LogP contribution in [0, 0.1) is 23.1 Å². The van der Waals surface area contributed by atoms with E-state index < -0.39 is 5.82 Å². The summed E-state index contributed by atoms with van der Waals surface area (Å²) in [6.07, 6.45) is 0.461. The lowest BCUT2D eigenvalue weighted by Crippen LogP contribution is -2.40. The number of halogens is 1. The van der Waals surface area contributed by atoms with Crippen molar-refractivity contribution in [1.82, 2.24) is 0 Å². The minimum atomic E-state index is -0.505. The minimum absolute atomic E-state index is 0.0569. The number of piperidine rings is 1. The Labute approximate surface area is 99.5 Å². The van der Waals surface area contributed by atoms with E-state index in [0.29, 0.717) is 25.2 Å². The van der Waals surface area contributed by atoms with Gasteiger partial charge in [-0.2, -0.15) is 5.26 Å². The van der Waals surface area contributed by atoms with Crippen LogP contribution in [0.2, 0.25) is 0 Å². The number of anilines is 1. The second kappa shape index (κ2) is 4.54. The standard InChI is InChI=1S/C13H13FN2O/c1-9-8-16(6-5-13(9)17)12-4-2-3-11(14)10(12)7-15/h2-4,9H,5-6,8H2,1H3. The van der Waals surface area contributed by atoms with Crippen LogP contribution in [-0.4, -0.2) is 18.9 Å². The Morgan fingerprint density at radius 2 is 2.29 bits per heavy atom. The van der Waals surface area contributed by atoms with E-state index in [4.69, 9.17) is 5.26 Å². The molecule has 0 aromatic heterocycles. The molecule has 1 atom stereocenters. The van der Waals surface area contributed by atoms with Crippen LogP contribution < -0.4 is 4.90 Å². The van der Waals surface area contributed by atoms with E-state index in [1.807, 2.05) is 17.9 Å². The molecular formula is C13H13FN2O. The van der Waals surface area contributed by atoms with Crippen LogP contribution >= 0.6 is 0 Å². The quantitative estimate of drug-likeness (QED) is 0.744. The zero-order chi connectivity index (χ0) is 12.4. The molecule has 1 heterocycles. The summed E-state index contributed by atoms with van der Waals surface area (Å²) in [5.74, 6) is -0.329. The van der Waals surface area contributed by atoms with Gasteiger partial charge in [0.25, 0.3) is 0 Å². The normalized spacial score (nSPS) is 20.2. The van der Waals surface area contributed by atoms with Crippen LogP contribution in [-0.2, 0) is 4.79 Å². The summed E-state index contributed by atoms with van der Waals surface area (Å²) >= 11 is 0. The van der Waals surface area contributed by atoms with Crippen LogP contribution in [0.3, 0.4) is 0 Å². The topological polar surface area (TPSA) is 44.1 Å². The van der Waals surface area contributed by atoms with Crippen molar-refractivity contribution >= 4 is 11.5 Å². The summed E-state index contributed by atoms with van der Waals surface area (Å²) in [6.45, 7) is 2.97. The number of carbonyl (C=O) groups excluding carboxylic acids is 1. The first-order valence-corrected chi connectivity index (χ1v) is 5.59. The van der Waals surface area contributed by atoms with E-state index in [1.54, 1.807) is 12.1 Å². The van der Waals surface area contributed by atoms with Gasteiger partial charge in [-0.3, -0.25) is 4.79 Å². The van der Waals surface area contributed by atoms with Crippen LogP contribution in [0.15, 0.2) is 18.2 Å². The Hall–Kier alpha value is -1.89. The lowest BCUT2D eigenvalue weighted by atomic mass is 9.97. The average Bonchev–Trinajstić information content (AvgIpc) is 2.32. The average molecular weight is 232 g/mol.